The van der Waals surface area contributed by atoms with Crippen LogP contribution in [0.4, 0.5) is 0 Å². The van der Waals surface area contributed by atoms with Crippen molar-refractivity contribution in [3.05, 3.63) is 34.9 Å². The van der Waals surface area contributed by atoms with Crippen molar-refractivity contribution >= 4 is 23.3 Å². The molecule has 4 rings (SSSR count). The van der Waals surface area contributed by atoms with Gasteiger partial charge in [0.05, 0.1) is 0 Å². The van der Waals surface area contributed by atoms with Crippen molar-refractivity contribution in [2.24, 2.45) is 10.9 Å². The third-order valence-electron chi connectivity index (χ3n) is 5.88. The van der Waals surface area contributed by atoms with Gasteiger partial charge < -0.3 is 10.6 Å². The molecule has 1 saturated heterocycles. The Morgan fingerprint density at radius 1 is 1.00 bits per heavy atom. The zero-order valence-corrected chi connectivity index (χ0v) is 14.6. The fraction of sp³-hybridized carbons (Fsp3) is 0.600. The molecule has 1 aliphatic carbocycles. The summed E-state index contributed by atoms with van der Waals surface area (Å²) in [5, 5.41) is 7.23. The molecule has 2 heterocycles. The number of benzene rings is 1. The lowest BCUT2D eigenvalue weighted by Crippen LogP contribution is -2.47. The fourth-order valence-electron chi connectivity index (χ4n) is 4.35. The molecule has 136 valence electrons. The maximum absolute atomic E-state index is 12.5. The molecule has 0 unspecified atom stereocenters. The van der Waals surface area contributed by atoms with E-state index in [4.69, 9.17) is 16.6 Å². The number of amides is 1. The van der Waals surface area contributed by atoms with Crippen LogP contribution in [0.1, 0.15) is 57.4 Å². The van der Waals surface area contributed by atoms with E-state index in [2.05, 4.69) is 22.8 Å². The lowest BCUT2D eigenvalue weighted by molar-refractivity contribution is -0.124. The molecule has 2 fully saturated rings. The number of nitrogens with zero attached hydrogens (tertiary/aromatic N) is 1. The largest absolute Gasteiger partial charge is 0.317 e. The smallest absolute Gasteiger partial charge is 0.253 e. The van der Waals surface area contributed by atoms with E-state index in [1.165, 1.54) is 5.56 Å². The summed E-state index contributed by atoms with van der Waals surface area (Å²) < 4.78 is 0. The van der Waals surface area contributed by atoms with Crippen LogP contribution in [0.3, 0.4) is 0 Å². The summed E-state index contributed by atoms with van der Waals surface area (Å²) in [6, 6.07) is 8.24. The second-order valence-corrected chi connectivity index (χ2v) is 7.77. The molecule has 0 radical (unpaired) electrons. The van der Waals surface area contributed by atoms with Crippen molar-refractivity contribution in [3.8, 4) is 0 Å². The third kappa shape index (κ3) is 3.61. The number of halogens is 1. The van der Waals surface area contributed by atoms with Crippen molar-refractivity contribution in [2.45, 2.75) is 57.4 Å². The zero-order valence-electron chi connectivity index (χ0n) is 13.9. The number of amidine groups is 1. The molecule has 2 aliphatic heterocycles. The van der Waals surface area contributed by atoms with Gasteiger partial charge in [-0.3, -0.25) is 9.79 Å². The number of hydrogen-bond donors (Lipinski definition) is 2. The Bertz CT molecular complexity index is 641. The van der Waals surface area contributed by atoms with Gasteiger partial charge in [0, 0.05) is 10.9 Å². The molecule has 1 spiro atoms. The summed E-state index contributed by atoms with van der Waals surface area (Å²) in [5.74, 6) is 2.09. The molecule has 4 nitrogen and oxygen atoms in total. The minimum absolute atomic E-state index is 0. The van der Waals surface area contributed by atoms with E-state index in [1.807, 2.05) is 12.1 Å². The molecule has 0 aromatic heterocycles. The predicted molar refractivity (Wildman–Crippen MR) is 103 cm³/mol. The van der Waals surface area contributed by atoms with Gasteiger partial charge in [0.2, 0.25) is 0 Å². The first-order chi connectivity index (χ1) is 11.7. The monoisotopic (exact) mass is 361 g/mol. The molecule has 1 aromatic rings. The fourth-order valence-corrected chi connectivity index (χ4v) is 4.48. The van der Waals surface area contributed by atoms with Crippen LogP contribution in [0, 0.1) is 5.92 Å². The molecule has 1 amide bonds. The Morgan fingerprint density at radius 2 is 1.60 bits per heavy atom. The van der Waals surface area contributed by atoms with Crippen LogP contribution in [0.15, 0.2) is 29.3 Å². The van der Waals surface area contributed by atoms with Gasteiger partial charge in [-0.2, -0.15) is 0 Å². The topological polar surface area (TPSA) is 53.5 Å². The lowest BCUT2D eigenvalue weighted by atomic mass is 9.78. The lowest BCUT2D eigenvalue weighted by Gasteiger charge is -2.29. The van der Waals surface area contributed by atoms with Crippen LogP contribution in [-0.4, -0.2) is 30.4 Å². The van der Waals surface area contributed by atoms with Crippen molar-refractivity contribution < 1.29 is 4.79 Å². The molecule has 2 N–H and O–H groups in total. The summed E-state index contributed by atoms with van der Waals surface area (Å²) >= 11 is 5.98. The highest BCUT2D eigenvalue weighted by Crippen LogP contribution is 2.38. The standard InChI is InChI=1S/C19H24ClN3O.CH4/c20-16-7-5-14(6-8-16)13-1-3-15(4-2-13)17-22-18(24)19(23-17)9-11-21-12-10-19;/h5-8,13,15,21H,1-4,9-12H2,(H,22,23,24);1H4. The zero-order chi connectivity index (χ0) is 16.6. The van der Waals surface area contributed by atoms with Crippen molar-refractivity contribution in [2.75, 3.05) is 13.1 Å². The molecule has 0 bridgehead atoms. The van der Waals surface area contributed by atoms with Crippen molar-refractivity contribution in [1.82, 2.24) is 10.6 Å². The second kappa shape index (κ2) is 7.46. The van der Waals surface area contributed by atoms with E-state index in [1.54, 1.807) is 0 Å². The van der Waals surface area contributed by atoms with Gasteiger partial charge in [0.25, 0.3) is 5.91 Å². The maximum Gasteiger partial charge on any atom is 0.253 e. The summed E-state index contributed by atoms with van der Waals surface area (Å²) in [7, 11) is 0. The molecule has 1 aromatic carbocycles. The van der Waals surface area contributed by atoms with Gasteiger partial charge >= 0.3 is 0 Å². The van der Waals surface area contributed by atoms with Gasteiger partial charge in [-0.25, -0.2) is 0 Å². The molecular formula is C20H28ClN3O. The minimum atomic E-state index is -0.479. The second-order valence-electron chi connectivity index (χ2n) is 7.33. The number of carbonyl (C=O) groups excluding carboxylic acids is 1. The highest BCUT2D eigenvalue weighted by Gasteiger charge is 2.45. The highest BCUT2D eigenvalue weighted by atomic mass is 35.5. The summed E-state index contributed by atoms with van der Waals surface area (Å²) in [5.41, 5.74) is 0.901. The Morgan fingerprint density at radius 3 is 2.24 bits per heavy atom. The quantitative estimate of drug-likeness (QED) is 0.839. The van der Waals surface area contributed by atoms with Gasteiger partial charge in [0.15, 0.2) is 0 Å². The Balaban J connectivity index is 0.00000182. The summed E-state index contributed by atoms with van der Waals surface area (Å²) in [4.78, 5) is 17.3. The van der Waals surface area contributed by atoms with Gasteiger partial charge in [0.1, 0.15) is 11.4 Å². The Labute approximate surface area is 155 Å². The van der Waals surface area contributed by atoms with Crippen LogP contribution < -0.4 is 10.6 Å². The summed E-state index contributed by atoms with van der Waals surface area (Å²) in [6.07, 6.45) is 6.14. The number of hydrogen-bond acceptors (Lipinski definition) is 3. The molecule has 5 heteroatoms. The average Bonchev–Trinajstić information content (AvgIpc) is 2.93. The van der Waals surface area contributed by atoms with Gasteiger partial charge in [-0.05, 0) is 75.2 Å². The maximum atomic E-state index is 12.5. The number of piperidine rings is 1. The number of carbonyl (C=O) groups is 1. The molecule has 1 saturated carbocycles. The van der Waals surface area contributed by atoms with E-state index in [0.29, 0.717) is 11.8 Å². The molecular weight excluding hydrogens is 334 g/mol. The van der Waals surface area contributed by atoms with Crippen molar-refractivity contribution in [3.63, 3.8) is 0 Å². The normalized spacial score (nSPS) is 28.2. The first-order valence-corrected chi connectivity index (χ1v) is 9.41. The molecule has 0 atom stereocenters. The molecule has 25 heavy (non-hydrogen) atoms. The average molecular weight is 362 g/mol. The van der Waals surface area contributed by atoms with Crippen LogP contribution in [0.25, 0.3) is 0 Å². The molecule has 3 aliphatic rings. The van der Waals surface area contributed by atoms with E-state index >= 15 is 0 Å². The summed E-state index contributed by atoms with van der Waals surface area (Å²) in [6.45, 7) is 1.76. The van der Waals surface area contributed by atoms with E-state index in [0.717, 1.165) is 62.5 Å². The van der Waals surface area contributed by atoms with Gasteiger partial charge in [-0.15, -0.1) is 0 Å². The highest BCUT2D eigenvalue weighted by molar-refractivity contribution is 6.30. The predicted octanol–water partition coefficient (Wildman–Crippen LogP) is 3.90. The van der Waals surface area contributed by atoms with E-state index < -0.39 is 5.54 Å². The Kier molecular flexibility index (Phi) is 5.49. The van der Waals surface area contributed by atoms with Crippen LogP contribution in [0.5, 0.6) is 0 Å². The van der Waals surface area contributed by atoms with Crippen LogP contribution in [-0.2, 0) is 4.79 Å². The van der Waals surface area contributed by atoms with Crippen LogP contribution in [0.2, 0.25) is 5.02 Å². The minimum Gasteiger partial charge on any atom is -0.317 e. The van der Waals surface area contributed by atoms with E-state index in [-0.39, 0.29) is 13.3 Å². The van der Waals surface area contributed by atoms with Gasteiger partial charge in [-0.1, -0.05) is 31.2 Å². The number of nitrogens with one attached hydrogen (secondary N) is 2. The SMILES string of the molecule is C.O=C1NC(C2CCC(c3ccc(Cl)cc3)CC2)=NC12CCNCC2. The Hall–Kier alpha value is -1.39. The van der Waals surface area contributed by atoms with E-state index in [9.17, 15) is 4.79 Å². The number of aliphatic imine (C=N–C) groups is 1. The van der Waals surface area contributed by atoms with Crippen molar-refractivity contribution in [1.29, 1.82) is 0 Å². The first-order valence-electron chi connectivity index (χ1n) is 9.04. The number of rotatable bonds is 2. The van der Waals surface area contributed by atoms with Crippen LogP contribution >= 0.6 is 11.6 Å². The first kappa shape index (κ1) is 18.4. The third-order valence-corrected chi connectivity index (χ3v) is 6.14.